The Hall–Kier alpha value is -1.17. The lowest BCUT2D eigenvalue weighted by Gasteiger charge is -2.33. The highest BCUT2D eigenvalue weighted by atomic mass is 35.5. The lowest BCUT2D eigenvalue weighted by molar-refractivity contribution is -0.121. The molecule has 6 heteroatoms. The molecule has 24 heavy (non-hydrogen) atoms. The summed E-state index contributed by atoms with van der Waals surface area (Å²) in [5.74, 6) is -0.441. The Kier molecular flexibility index (Phi) is 6.09. The largest absolute Gasteiger partial charge is 0.377 e. The molecule has 0 saturated carbocycles. The molecule has 3 rings (SSSR count). The summed E-state index contributed by atoms with van der Waals surface area (Å²) < 4.78 is 18.7. The molecule has 1 N–H and O–H groups in total. The fourth-order valence-electron chi connectivity index (χ4n) is 3.45. The maximum Gasteiger partial charge on any atom is 0.224 e. The summed E-state index contributed by atoms with van der Waals surface area (Å²) in [6, 6.07) is 4.35. The third kappa shape index (κ3) is 4.91. The van der Waals surface area contributed by atoms with Crippen LogP contribution in [0.2, 0.25) is 5.02 Å². The van der Waals surface area contributed by atoms with Crippen molar-refractivity contribution in [2.75, 3.05) is 26.2 Å². The first-order valence-corrected chi connectivity index (χ1v) is 9.05. The number of amides is 1. The lowest BCUT2D eigenvalue weighted by Crippen LogP contribution is -2.46. The average molecular weight is 355 g/mol. The van der Waals surface area contributed by atoms with E-state index in [1.54, 1.807) is 6.07 Å². The highest BCUT2D eigenvalue weighted by Crippen LogP contribution is 2.19. The molecule has 1 atom stereocenters. The van der Waals surface area contributed by atoms with Gasteiger partial charge < -0.3 is 15.0 Å². The predicted octanol–water partition coefficient (Wildman–Crippen LogP) is 2.78. The summed E-state index contributed by atoms with van der Waals surface area (Å²) in [6.07, 6.45) is 4.82. The van der Waals surface area contributed by atoms with Crippen molar-refractivity contribution in [3.05, 3.63) is 34.6 Å². The van der Waals surface area contributed by atoms with Gasteiger partial charge in [-0.15, -0.1) is 0 Å². The zero-order valence-corrected chi connectivity index (χ0v) is 14.5. The first kappa shape index (κ1) is 17.6. The number of rotatable bonds is 5. The molecule has 0 spiro atoms. The topological polar surface area (TPSA) is 41.6 Å². The highest BCUT2D eigenvalue weighted by molar-refractivity contribution is 6.31. The molecule has 0 bridgehead atoms. The first-order valence-electron chi connectivity index (χ1n) is 8.67. The minimum atomic E-state index is -0.386. The number of likely N-dealkylation sites (tertiary alicyclic amines) is 1. The molecule has 2 saturated heterocycles. The summed E-state index contributed by atoms with van der Waals surface area (Å²) in [4.78, 5) is 14.6. The van der Waals surface area contributed by atoms with Gasteiger partial charge in [0, 0.05) is 37.3 Å². The van der Waals surface area contributed by atoms with Crippen LogP contribution in [0.4, 0.5) is 4.39 Å². The van der Waals surface area contributed by atoms with Gasteiger partial charge in [-0.25, -0.2) is 4.39 Å². The Morgan fingerprint density at radius 2 is 2.12 bits per heavy atom. The molecular formula is C18H24ClFN2O2. The molecule has 0 radical (unpaired) electrons. The second-order valence-electron chi connectivity index (χ2n) is 6.69. The number of piperidine rings is 1. The van der Waals surface area contributed by atoms with Gasteiger partial charge in [-0.05, 0) is 43.4 Å². The molecule has 2 fully saturated rings. The fourth-order valence-corrected chi connectivity index (χ4v) is 3.69. The van der Waals surface area contributed by atoms with Crippen LogP contribution in [0.5, 0.6) is 0 Å². The molecule has 0 aromatic heterocycles. The van der Waals surface area contributed by atoms with Crippen molar-refractivity contribution < 1.29 is 13.9 Å². The van der Waals surface area contributed by atoms with Gasteiger partial charge in [0.1, 0.15) is 5.82 Å². The van der Waals surface area contributed by atoms with Gasteiger partial charge in [0.15, 0.2) is 0 Å². The van der Waals surface area contributed by atoms with E-state index in [0.717, 1.165) is 45.5 Å². The Morgan fingerprint density at radius 3 is 2.79 bits per heavy atom. The number of hydrogen-bond donors (Lipinski definition) is 1. The second kappa shape index (κ2) is 8.28. The molecule has 0 aliphatic carbocycles. The van der Waals surface area contributed by atoms with Crippen molar-refractivity contribution in [3.8, 4) is 0 Å². The summed E-state index contributed by atoms with van der Waals surface area (Å²) >= 11 is 5.98. The molecule has 4 nitrogen and oxygen atoms in total. The van der Waals surface area contributed by atoms with E-state index in [0.29, 0.717) is 16.7 Å². The van der Waals surface area contributed by atoms with Crippen LogP contribution in [0.15, 0.2) is 18.2 Å². The number of carbonyl (C=O) groups is 1. The Bertz CT molecular complexity index is 570. The van der Waals surface area contributed by atoms with E-state index in [9.17, 15) is 9.18 Å². The van der Waals surface area contributed by atoms with E-state index in [-0.39, 0.29) is 24.2 Å². The normalized spacial score (nSPS) is 22.7. The Balaban J connectivity index is 1.41. The van der Waals surface area contributed by atoms with Crippen molar-refractivity contribution in [2.45, 2.75) is 44.2 Å². The van der Waals surface area contributed by atoms with Crippen LogP contribution in [0.3, 0.4) is 0 Å². The van der Waals surface area contributed by atoms with Crippen molar-refractivity contribution in [3.63, 3.8) is 0 Å². The highest BCUT2D eigenvalue weighted by Gasteiger charge is 2.24. The monoisotopic (exact) mass is 354 g/mol. The fraction of sp³-hybridized carbons (Fsp3) is 0.611. The first-order chi connectivity index (χ1) is 11.6. The van der Waals surface area contributed by atoms with Crippen molar-refractivity contribution in [1.29, 1.82) is 0 Å². The standard InChI is InChI=1S/C18H24ClFN2O2/c19-17-11-14(20)4-3-13(17)10-18(23)21-15-5-7-22(8-6-15)12-16-2-1-9-24-16/h3-4,11,15-16H,1-2,5-10,12H2,(H,21,23)/t16-/m1/s1. The predicted molar refractivity (Wildman–Crippen MR) is 91.7 cm³/mol. The van der Waals surface area contributed by atoms with Gasteiger partial charge in [-0.2, -0.15) is 0 Å². The quantitative estimate of drug-likeness (QED) is 0.884. The lowest BCUT2D eigenvalue weighted by atomic mass is 10.0. The van der Waals surface area contributed by atoms with E-state index in [1.807, 2.05) is 0 Å². The van der Waals surface area contributed by atoms with E-state index in [4.69, 9.17) is 16.3 Å². The van der Waals surface area contributed by atoms with Crippen molar-refractivity contribution >= 4 is 17.5 Å². The number of hydrogen-bond acceptors (Lipinski definition) is 3. The van der Waals surface area contributed by atoms with E-state index >= 15 is 0 Å². The Morgan fingerprint density at radius 1 is 1.33 bits per heavy atom. The van der Waals surface area contributed by atoms with Crippen molar-refractivity contribution in [2.24, 2.45) is 0 Å². The SMILES string of the molecule is O=C(Cc1ccc(F)cc1Cl)NC1CCN(C[C@H]2CCCO2)CC1. The van der Waals surface area contributed by atoms with Crippen LogP contribution in [0, 0.1) is 5.82 Å². The molecule has 1 amide bonds. The number of halogens is 2. The minimum Gasteiger partial charge on any atom is -0.377 e. The maximum atomic E-state index is 13.0. The van der Waals surface area contributed by atoms with Crippen LogP contribution in [0.1, 0.15) is 31.2 Å². The smallest absolute Gasteiger partial charge is 0.224 e. The van der Waals surface area contributed by atoms with Crippen LogP contribution in [-0.4, -0.2) is 49.2 Å². The Labute approximate surface area is 147 Å². The average Bonchev–Trinajstić information content (AvgIpc) is 3.05. The van der Waals surface area contributed by atoms with Crippen LogP contribution >= 0.6 is 11.6 Å². The van der Waals surface area contributed by atoms with Crippen LogP contribution < -0.4 is 5.32 Å². The molecule has 1 aromatic rings. The van der Waals surface area contributed by atoms with Gasteiger partial charge >= 0.3 is 0 Å². The molecule has 2 aliphatic rings. The number of nitrogens with one attached hydrogen (secondary N) is 1. The number of benzene rings is 1. The van der Waals surface area contributed by atoms with Gasteiger partial charge in [0.05, 0.1) is 12.5 Å². The van der Waals surface area contributed by atoms with Gasteiger partial charge in [0.2, 0.25) is 5.91 Å². The molecule has 0 unspecified atom stereocenters. The number of nitrogens with zero attached hydrogens (tertiary/aromatic N) is 1. The van der Waals surface area contributed by atoms with E-state index < -0.39 is 0 Å². The molecule has 132 valence electrons. The number of ether oxygens (including phenoxy) is 1. The summed E-state index contributed by atoms with van der Waals surface area (Å²) in [6.45, 7) is 3.87. The van der Waals surface area contributed by atoms with Crippen LogP contribution in [-0.2, 0) is 16.0 Å². The third-order valence-electron chi connectivity index (χ3n) is 4.80. The van der Waals surface area contributed by atoms with Gasteiger partial charge in [0.25, 0.3) is 0 Å². The van der Waals surface area contributed by atoms with Crippen LogP contribution in [0.25, 0.3) is 0 Å². The van der Waals surface area contributed by atoms with Gasteiger partial charge in [-0.1, -0.05) is 17.7 Å². The minimum absolute atomic E-state index is 0.0546. The summed E-state index contributed by atoms with van der Waals surface area (Å²) in [5.41, 5.74) is 0.659. The molecule has 2 heterocycles. The second-order valence-corrected chi connectivity index (χ2v) is 7.10. The third-order valence-corrected chi connectivity index (χ3v) is 5.16. The summed E-state index contributed by atoms with van der Waals surface area (Å²) in [7, 11) is 0. The van der Waals surface area contributed by atoms with Gasteiger partial charge in [-0.3, -0.25) is 4.79 Å². The maximum absolute atomic E-state index is 13.0. The summed E-state index contributed by atoms with van der Waals surface area (Å²) in [5, 5.41) is 3.38. The zero-order valence-electron chi connectivity index (χ0n) is 13.8. The zero-order chi connectivity index (χ0) is 16.9. The molecule has 2 aliphatic heterocycles. The van der Waals surface area contributed by atoms with Crippen molar-refractivity contribution in [1.82, 2.24) is 10.2 Å². The number of carbonyl (C=O) groups excluding carboxylic acids is 1. The molecular weight excluding hydrogens is 331 g/mol. The molecule has 1 aromatic carbocycles. The van der Waals surface area contributed by atoms with E-state index in [2.05, 4.69) is 10.2 Å². The van der Waals surface area contributed by atoms with E-state index in [1.165, 1.54) is 18.6 Å².